The zero-order chi connectivity index (χ0) is 62.5. The molecule has 2 fully saturated rings. The summed E-state index contributed by atoms with van der Waals surface area (Å²) in [5.41, 5.74) is 5.26. The van der Waals surface area contributed by atoms with E-state index in [1.54, 1.807) is 60.0 Å². The number of amides is 5. The van der Waals surface area contributed by atoms with Crippen molar-refractivity contribution >= 4 is 57.8 Å². The number of halogens is 2. The number of urea groups is 1. The van der Waals surface area contributed by atoms with Crippen molar-refractivity contribution in [2.24, 2.45) is 28.9 Å². The van der Waals surface area contributed by atoms with Crippen LogP contribution < -0.4 is 31.3 Å². The summed E-state index contributed by atoms with van der Waals surface area (Å²) in [6, 6.07) is 20.9. The standard InChI is InChI=1S/C63H87F2N13O9S/c1-47-7-9-49(10-8-47)41-68-60(81)59(51-42-69-76(4)45-51)78(44-50-21-23-63(64,65)40-50)57(79)20-13-48-11-16-55(17-12-48)86-31-6-5-25-74(2)30-34-85-36-35-83-32-22-53(73-66)43-67-24-33-84-37-38-87-56-18-14-52(15-19-56)70-61(82)72-62-71-54(46-88-62)39-58(80)77-28-26-75(3)27-29-77/h7-12,14-19,42-43,45-46,50,59H,5-6,13,20-41,44,66H2,1-4H3,(H,68,81)(H2,70,71,72,82)/b67-43?,73-53-. The molecule has 1 saturated heterocycles. The summed E-state index contributed by atoms with van der Waals surface area (Å²) in [5.74, 6) is 3.05. The molecule has 1 aliphatic carbocycles. The van der Waals surface area contributed by atoms with Crippen LogP contribution in [0.15, 0.2) is 101 Å². The minimum absolute atomic E-state index is 0.0385. The van der Waals surface area contributed by atoms with Crippen LogP contribution in [-0.2, 0) is 55.0 Å². The molecule has 88 heavy (non-hydrogen) atoms. The lowest BCUT2D eigenvalue weighted by atomic mass is 10.0. The molecule has 1 saturated carbocycles. The van der Waals surface area contributed by atoms with Gasteiger partial charge in [-0.25, -0.2) is 18.6 Å². The molecule has 5 aromatic rings. The average Bonchev–Trinajstić information content (AvgIpc) is 3.92. The molecule has 3 heterocycles. The van der Waals surface area contributed by atoms with E-state index in [1.165, 1.54) is 16.2 Å². The van der Waals surface area contributed by atoms with Gasteiger partial charge in [-0.2, -0.15) is 10.2 Å². The maximum atomic E-state index is 14.4. The Balaban J connectivity index is 0.676. The van der Waals surface area contributed by atoms with Gasteiger partial charge in [-0.3, -0.25) is 29.4 Å². The number of benzene rings is 3. The minimum Gasteiger partial charge on any atom is -0.494 e. The van der Waals surface area contributed by atoms with Gasteiger partial charge >= 0.3 is 6.03 Å². The van der Waals surface area contributed by atoms with Gasteiger partial charge in [-0.1, -0.05) is 42.0 Å². The summed E-state index contributed by atoms with van der Waals surface area (Å²) >= 11 is 1.27. The Morgan fingerprint density at radius 3 is 2.23 bits per heavy atom. The van der Waals surface area contributed by atoms with E-state index in [0.717, 1.165) is 61.5 Å². The third-order valence-corrected chi connectivity index (χ3v) is 15.9. The van der Waals surface area contributed by atoms with Gasteiger partial charge in [-0.05, 0) is 107 Å². The molecule has 3 aromatic carbocycles. The number of hydrogen-bond donors (Lipinski definition) is 4. The van der Waals surface area contributed by atoms with Crippen LogP contribution >= 0.6 is 11.3 Å². The second-order valence-corrected chi connectivity index (χ2v) is 23.1. The SMILES string of the molecule is Cc1ccc(CNC(=O)C(c2cnn(C)c2)N(CC2CCC(F)(F)C2)C(=O)CCc2ccc(OCCCCN(C)CCOCCOCC/C(C=NCCOCCOc3ccc(NC(=O)Nc4nc(CC(=O)N5CCN(C)CC5)cs4)cc3)=N/N)cc2)cc1. The van der Waals surface area contributed by atoms with Crippen LogP contribution in [-0.4, -0.2) is 195 Å². The van der Waals surface area contributed by atoms with Gasteiger partial charge in [0.1, 0.15) is 24.1 Å². The highest BCUT2D eigenvalue weighted by molar-refractivity contribution is 7.14. The Morgan fingerprint density at radius 1 is 0.830 bits per heavy atom. The molecule has 5 N–H and O–H groups in total. The number of aliphatic imine (C=N–C) groups is 1. The number of aromatic nitrogens is 3. The molecule has 478 valence electrons. The fourth-order valence-electron chi connectivity index (χ4n) is 9.96. The molecule has 0 spiro atoms. The number of nitrogens with zero attached hydrogens (tertiary/aromatic N) is 9. The Bertz CT molecular complexity index is 2980. The highest BCUT2D eigenvalue weighted by atomic mass is 32.1. The first-order valence-corrected chi connectivity index (χ1v) is 31.1. The summed E-state index contributed by atoms with van der Waals surface area (Å²) in [6.07, 6.45) is 7.60. The molecular weight excluding hydrogens is 1150 g/mol. The molecule has 0 bridgehead atoms. The van der Waals surface area contributed by atoms with Gasteiger partial charge in [0.15, 0.2) is 5.13 Å². The number of carbonyl (C=O) groups excluding carboxylic acids is 4. The number of carbonyl (C=O) groups is 4. The van der Waals surface area contributed by atoms with E-state index in [4.69, 9.17) is 29.5 Å². The Morgan fingerprint density at radius 2 is 1.52 bits per heavy atom. The van der Waals surface area contributed by atoms with Crippen molar-refractivity contribution in [3.8, 4) is 11.5 Å². The zero-order valence-electron chi connectivity index (χ0n) is 51.2. The summed E-state index contributed by atoms with van der Waals surface area (Å²) < 4.78 is 59.4. The smallest absolute Gasteiger partial charge is 0.325 e. The number of anilines is 2. The molecule has 1 aliphatic heterocycles. The van der Waals surface area contributed by atoms with Gasteiger partial charge in [0.2, 0.25) is 23.6 Å². The van der Waals surface area contributed by atoms with Crippen molar-refractivity contribution in [3.05, 3.63) is 119 Å². The molecule has 2 unspecified atom stereocenters. The van der Waals surface area contributed by atoms with E-state index in [-0.39, 0.29) is 57.0 Å². The molecule has 5 amide bonds. The number of thiazole rings is 1. The molecule has 7 rings (SSSR count). The minimum atomic E-state index is -2.79. The predicted octanol–water partition coefficient (Wildman–Crippen LogP) is 7.40. The molecule has 22 nitrogen and oxygen atoms in total. The number of aryl methyl sites for hydroxylation is 3. The summed E-state index contributed by atoms with van der Waals surface area (Å²) in [7, 11) is 5.84. The maximum absolute atomic E-state index is 14.4. The number of hydrazone groups is 1. The van der Waals surface area contributed by atoms with Crippen LogP contribution in [0.2, 0.25) is 0 Å². The topological polar surface area (TPSA) is 245 Å². The second-order valence-electron chi connectivity index (χ2n) is 22.3. The van der Waals surface area contributed by atoms with Crippen molar-refractivity contribution in [2.45, 2.75) is 83.2 Å². The van der Waals surface area contributed by atoms with E-state index in [2.05, 4.69) is 53.0 Å². The highest BCUT2D eigenvalue weighted by Crippen LogP contribution is 2.40. The molecule has 25 heteroatoms. The number of rotatable bonds is 37. The lowest BCUT2D eigenvalue weighted by Gasteiger charge is -2.33. The number of hydrogen-bond acceptors (Lipinski definition) is 17. The largest absolute Gasteiger partial charge is 0.494 e. The van der Waals surface area contributed by atoms with E-state index in [0.29, 0.717) is 119 Å². The lowest BCUT2D eigenvalue weighted by Crippen LogP contribution is -2.47. The first kappa shape index (κ1) is 68.1. The fourth-order valence-corrected chi connectivity index (χ4v) is 10.7. The third-order valence-electron chi connectivity index (χ3n) is 15.1. The third kappa shape index (κ3) is 24.3. The zero-order valence-corrected chi connectivity index (χ0v) is 52.0. The first-order valence-electron chi connectivity index (χ1n) is 30.2. The average molecular weight is 1240 g/mol. The van der Waals surface area contributed by atoms with Gasteiger partial charge in [-0.15, -0.1) is 11.3 Å². The van der Waals surface area contributed by atoms with E-state index in [1.807, 2.05) is 67.4 Å². The molecule has 2 aliphatic rings. The quantitative estimate of drug-likeness (QED) is 0.0131. The van der Waals surface area contributed by atoms with E-state index >= 15 is 0 Å². The predicted molar refractivity (Wildman–Crippen MR) is 336 cm³/mol. The van der Waals surface area contributed by atoms with E-state index < -0.39 is 29.8 Å². The Labute approximate surface area is 519 Å². The molecular formula is C63H87F2N13O9S. The van der Waals surface area contributed by atoms with Gasteiger partial charge in [0, 0.05) is 108 Å². The monoisotopic (exact) mass is 1240 g/mol. The van der Waals surface area contributed by atoms with Crippen LogP contribution in [0, 0.1) is 12.8 Å². The van der Waals surface area contributed by atoms with Crippen molar-refractivity contribution in [2.75, 3.05) is 130 Å². The van der Waals surface area contributed by atoms with Gasteiger partial charge in [0.05, 0.1) is 76.8 Å². The van der Waals surface area contributed by atoms with Crippen molar-refractivity contribution in [1.82, 2.24) is 39.7 Å². The number of piperazine rings is 1. The molecule has 0 radical (unpaired) electrons. The second kappa shape index (κ2) is 36.2. The fraction of sp³-hybridized carbons (Fsp3) is 0.524. The van der Waals surface area contributed by atoms with Crippen molar-refractivity contribution in [1.29, 1.82) is 0 Å². The van der Waals surface area contributed by atoms with Gasteiger partial charge < -0.3 is 59.8 Å². The number of unbranched alkanes of at least 4 members (excludes halogenated alkanes) is 1. The number of nitrogens with one attached hydrogen (secondary N) is 3. The molecule has 2 atom stereocenters. The number of ether oxygens (including phenoxy) is 5. The maximum Gasteiger partial charge on any atom is 0.325 e. The first-order chi connectivity index (χ1) is 42.6. The highest BCUT2D eigenvalue weighted by Gasteiger charge is 2.42. The lowest BCUT2D eigenvalue weighted by molar-refractivity contribution is -0.141. The van der Waals surface area contributed by atoms with Crippen LogP contribution in [0.25, 0.3) is 0 Å². The molecule has 2 aromatic heterocycles. The van der Waals surface area contributed by atoms with Crippen molar-refractivity contribution in [3.63, 3.8) is 0 Å². The van der Waals surface area contributed by atoms with Gasteiger partial charge in [0.25, 0.3) is 0 Å². The number of nitrogens with two attached hydrogens (primary N) is 1. The van der Waals surface area contributed by atoms with Crippen LogP contribution in [0.3, 0.4) is 0 Å². The Kier molecular flexibility index (Phi) is 28.0. The van der Waals surface area contributed by atoms with Crippen molar-refractivity contribution < 1.29 is 51.6 Å². The number of likely N-dealkylation sites (N-methyl/N-ethyl adjacent to an activating group) is 2. The summed E-state index contributed by atoms with van der Waals surface area (Å²) in [4.78, 5) is 69.9. The van der Waals surface area contributed by atoms with Crippen LogP contribution in [0.4, 0.5) is 24.4 Å². The number of alkyl halides is 2. The van der Waals surface area contributed by atoms with Crippen LogP contribution in [0.1, 0.15) is 78.9 Å². The normalized spacial score (nSPS) is 15.6. The van der Waals surface area contributed by atoms with Crippen LogP contribution in [0.5, 0.6) is 11.5 Å². The summed E-state index contributed by atoms with van der Waals surface area (Å²) in [5, 5.41) is 18.8. The summed E-state index contributed by atoms with van der Waals surface area (Å²) in [6.45, 7) is 11.0. The Hall–Kier alpha value is -7.42. The van der Waals surface area contributed by atoms with E-state index in [9.17, 15) is 28.0 Å².